The van der Waals surface area contributed by atoms with E-state index in [1.54, 1.807) is 24.1 Å². The minimum absolute atomic E-state index is 0.169. The average molecular weight is 374 g/mol. The molecule has 136 valence electrons. The molecule has 1 aliphatic rings. The predicted molar refractivity (Wildman–Crippen MR) is 95.3 cm³/mol. The van der Waals surface area contributed by atoms with E-state index in [1.165, 1.54) is 0 Å². The Kier molecular flexibility index (Phi) is 4.71. The zero-order valence-corrected chi connectivity index (χ0v) is 15.1. The van der Waals surface area contributed by atoms with Crippen molar-refractivity contribution in [3.63, 3.8) is 0 Å². The topological polar surface area (TPSA) is 111 Å². The van der Waals surface area contributed by atoms with Crippen LogP contribution in [0.3, 0.4) is 0 Å². The first-order chi connectivity index (χ1) is 12.7. The molecule has 10 nitrogen and oxygen atoms in total. The van der Waals surface area contributed by atoms with Gasteiger partial charge in [0, 0.05) is 19.6 Å². The van der Waals surface area contributed by atoms with Crippen molar-refractivity contribution < 1.29 is 9.53 Å². The molecule has 0 bridgehead atoms. The third-order valence-electron chi connectivity index (χ3n) is 4.19. The molecule has 1 saturated heterocycles. The van der Waals surface area contributed by atoms with Gasteiger partial charge >= 0.3 is 0 Å². The molecule has 11 heteroatoms. The van der Waals surface area contributed by atoms with Gasteiger partial charge in [-0.1, -0.05) is 4.49 Å². The fourth-order valence-electron chi connectivity index (χ4n) is 2.87. The van der Waals surface area contributed by atoms with Crippen LogP contribution in [0.4, 0.5) is 5.82 Å². The van der Waals surface area contributed by atoms with Gasteiger partial charge in [-0.2, -0.15) is 5.10 Å². The van der Waals surface area contributed by atoms with Crippen LogP contribution in [0.5, 0.6) is 0 Å². The summed E-state index contributed by atoms with van der Waals surface area (Å²) in [5.74, 6) is 0.706. The lowest BCUT2D eigenvalue weighted by molar-refractivity contribution is 0.0955. The monoisotopic (exact) mass is 374 g/mol. The van der Waals surface area contributed by atoms with Gasteiger partial charge in [-0.05, 0) is 18.5 Å². The van der Waals surface area contributed by atoms with Crippen LogP contribution in [0.25, 0.3) is 11.0 Å². The van der Waals surface area contributed by atoms with E-state index in [2.05, 4.69) is 34.9 Å². The Labute approximate surface area is 153 Å². The highest BCUT2D eigenvalue weighted by atomic mass is 32.1. The van der Waals surface area contributed by atoms with E-state index in [9.17, 15) is 4.79 Å². The molecule has 1 aliphatic heterocycles. The van der Waals surface area contributed by atoms with Crippen molar-refractivity contribution in [3.05, 3.63) is 23.1 Å². The van der Waals surface area contributed by atoms with Crippen LogP contribution in [0.1, 0.15) is 15.4 Å². The van der Waals surface area contributed by atoms with E-state index < -0.39 is 0 Å². The van der Waals surface area contributed by atoms with Gasteiger partial charge in [-0.25, -0.2) is 14.6 Å². The van der Waals surface area contributed by atoms with Gasteiger partial charge in [0.1, 0.15) is 17.0 Å². The lowest BCUT2D eigenvalue weighted by Crippen LogP contribution is -2.36. The largest absolute Gasteiger partial charge is 0.378 e. The van der Waals surface area contributed by atoms with E-state index in [0.717, 1.165) is 41.5 Å². The molecule has 1 N–H and O–H groups in total. The van der Waals surface area contributed by atoms with Crippen molar-refractivity contribution in [2.24, 2.45) is 0 Å². The standard InChI is InChI=1S/C15H18N8O2S/c1-10-12(26-21-20-10)15(24)16-2-3-23-14-11(8-19-23)13(17-9-18-14)22-4-6-25-7-5-22/h8-9H,2-7H2,1H3,(H,16,24). The number of fused-ring (bicyclic) bond motifs is 1. The maximum absolute atomic E-state index is 12.1. The number of hydrogen-bond acceptors (Lipinski definition) is 9. The summed E-state index contributed by atoms with van der Waals surface area (Å²) in [4.78, 5) is 23.6. The highest BCUT2D eigenvalue weighted by Gasteiger charge is 2.18. The highest BCUT2D eigenvalue weighted by molar-refractivity contribution is 7.07. The normalized spacial score (nSPS) is 14.7. The fraction of sp³-hybridized carbons (Fsp3) is 0.467. The Balaban J connectivity index is 1.46. The second kappa shape index (κ2) is 7.30. The molecule has 0 aromatic carbocycles. The maximum atomic E-state index is 12.1. The molecule has 3 aromatic heterocycles. The molecule has 0 radical (unpaired) electrons. The number of carbonyl (C=O) groups is 1. The number of hydrogen-bond donors (Lipinski definition) is 1. The number of aryl methyl sites for hydroxylation is 1. The first-order valence-corrected chi connectivity index (χ1v) is 9.08. The summed E-state index contributed by atoms with van der Waals surface area (Å²) >= 11 is 1.09. The molecular weight excluding hydrogens is 356 g/mol. The number of aromatic nitrogens is 6. The van der Waals surface area contributed by atoms with E-state index in [-0.39, 0.29) is 5.91 Å². The summed E-state index contributed by atoms with van der Waals surface area (Å²) in [6.45, 7) is 5.70. The van der Waals surface area contributed by atoms with Crippen LogP contribution < -0.4 is 10.2 Å². The molecular formula is C15H18N8O2S. The van der Waals surface area contributed by atoms with E-state index in [4.69, 9.17) is 4.74 Å². The second-order valence-electron chi connectivity index (χ2n) is 5.85. The number of amides is 1. The molecule has 1 amide bonds. The van der Waals surface area contributed by atoms with Crippen molar-refractivity contribution in [3.8, 4) is 0 Å². The number of nitrogens with zero attached hydrogens (tertiary/aromatic N) is 7. The van der Waals surface area contributed by atoms with Crippen LogP contribution in [0, 0.1) is 6.92 Å². The highest BCUT2D eigenvalue weighted by Crippen LogP contribution is 2.23. The van der Waals surface area contributed by atoms with E-state index >= 15 is 0 Å². The van der Waals surface area contributed by atoms with Crippen molar-refractivity contribution >= 4 is 34.3 Å². The first kappa shape index (κ1) is 16.8. The van der Waals surface area contributed by atoms with Gasteiger partial charge in [0.05, 0.1) is 37.0 Å². The molecule has 0 saturated carbocycles. The Hall–Kier alpha value is -2.66. The fourth-order valence-corrected chi connectivity index (χ4v) is 3.44. The molecule has 0 aliphatic carbocycles. The quantitative estimate of drug-likeness (QED) is 0.677. The summed E-state index contributed by atoms with van der Waals surface area (Å²) < 4.78 is 11.0. The number of morpholine rings is 1. The van der Waals surface area contributed by atoms with E-state index in [1.807, 2.05) is 0 Å². The van der Waals surface area contributed by atoms with Crippen LogP contribution >= 0.6 is 11.5 Å². The number of nitrogens with one attached hydrogen (secondary N) is 1. The predicted octanol–water partition coefficient (Wildman–Crippen LogP) is 0.253. The Morgan fingerprint density at radius 3 is 2.96 bits per heavy atom. The van der Waals surface area contributed by atoms with E-state index in [0.29, 0.717) is 36.9 Å². The lowest BCUT2D eigenvalue weighted by Gasteiger charge is -2.27. The lowest BCUT2D eigenvalue weighted by atomic mass is 10.3. The van der Waals surface area contributed by atoms with Crippen molar-refractivity contribution in [2.75, 3.05) is 37.7 Å². The zero-order chi connectivity index (χ0) is 17.9. The first-order valence-electron chi connectivity index (χ1n) is 8.30. The van der Waals surface area contributed by atoms with Gasteiger partial charge in [0.25, 0.3) is 5.91 Å². The molecule has 4 rings (SSSR count). The number of carbonyl (C=O) groups excluding carboxylic acids is 1. The van der Waals surface area contributed by atoms with Gasteiger partial charge < -0.3 is 15.0 Å². The number of rotatable bonds is 5. The zero-order valence-electron chi connectivity index (χ0n) is 14.3. The van der Waals surface area contributed by atoms with Crippen molar-refractivity contribution in [2.45, 2.75) is 13.5 Å². The van der Waals surface area contributed by atoms with Crippen LogP contribution in [0.15, 0.2) is 12.5 Å². The van der Waals surface area contributed by atoms with Crippen molar-refractivity contribution in [1.82, 2.24) is 34.7 Å². The van der Waals surface area contributed by atoms with Crippen LogP contribution in [0.2, 0.25) is 0 Å². The molecule has 0 spiro atoms. The third-order valence-corrected chi connectivity index (χ3v) is 5.02. The van der Waals surface area contributed by atoms with Gasteiger partial charge in [0.15, 0.2) is 5.65 Å². The second-order valence-corrected chi connectivity index (χ2v) is 6.60. The SMILES string of the molecule is Cc1nnsc1C(=O)NCCn1ncc2c(N3CCOCC3)ncnc21. The Morgan fingerprint density at radius 2 is 2.19 bits per heavy atom. The minimum Gasteiger partial charge on any atom is -0.378 e. The maximum Gasteiger partial charge on any atom is 0.265 e. The smallest absolute Gasteiger partial charge is 0.265 e. The Bertz CT molecular complexity index is 917. The van der Waals surface area contributed by atoms with Gasteiger partial charge in [0.2, 0.25) is 0 Å². The summed E-state index contributed by atoms with van der Waals surface area (Å²) in [6, 6.07) is 0. The van der Waals surface area contributed by atoms with Gasteiger partial charge in [-0.15, -0.1) is 5.10 Å². The number of anilines is 1. The molecule has 4 heterocycles. The molecule has 26 heavy (non-hydrogen) atoms. The minimum atomic E-state index is -0.169. The summed E-state index contributed by atoms with van der Waals surface area (Å²) in [5, 5.41) is 12.0. The van der Waals surface area contributed by atoms with Crippen LogP contribution in [-0.4, -0.2) is 68.1 Å². The molecule has 3 aromatic rings. The molecule has 0 unspecified atom stereocenters. The van der Waals surface area contributed by atoms with Crippen LogP contribution in [-0.2, 0) is 11.3 Å². The number of ether oxygens (including phenoxy) is 1. The molecule has 1 fully saturated rings. The average Bonchev–Trinajstić information content (AvgIpc) is 3.28. The summed E-state index contributed by atoms with van der Waals surface area (Å²) in [6.07, 6.45) is 3.33. The third kappa shape index (κ3) is 3.22. The summed E-state index contributed by atoms with van der Waals surface area (Å²) in [7, 11) is 0. The summed E-state index contributed by atoms with van der Waals surface area (Å²) in [5.41, 5.74) is 1.39. The molecule has 0 atom stereocenters. The Morgan fingerprint density at radius 1 is 1.35 bits per heavy atom. The van der Waals surface area contributed by atoms with Crippen molar-refractivity contribution in [1.29, 1.82) is 0 Å². The van der Waals surface area contributed by atoms with Gasteiger partial charge in [-0.3, -0.25) is 4.79 Å².